The summed E-state index contributed by atoms with van der Waals surface area (Å²) in [5.74, 6) is 2.73. The molecule has 0 aliphatic rings. The van der Waals surface area contributed by atoms with Crippen molar-refractivity contribution in [3.63, 3.8) is 0 Å². The molecule has 7 nitrogen and oxygen atoms in total. The highest BCUT2D eigenvalue weighted by Crippen LogP contribution is 2.33. The van der Waals surface area contributed by atoms with Crippen LogP contribution in [0, 0.1) is 0 Å². The maximum Gasteiger partial charge on any atom is 0.130 e. The predicted octanol–water partition coefficient (Wildman–Crippen LogP) is 4.04. The first-order chi connectivity index (χ1) is 15.5. The van der Waals surface area contributed by atoms with Gasteiger partial charge in [0.25, 0.3) is 0 Å². The zero-order valence-electron chi connectivity index (χ0n) is 19.0. The topological polar surface area (TPSA) is 57.3 Å². The molecule has 7 heteroatoms. The summed E-state index contributed by atoms with van der Waals surface area (Å²) in [4.78, 5) is 6.69. The molecule has 0 amide bonds. The molecule has 166 valence electrons. The zero-order valence-corrected chi connectivity index (χ0v) is 19.0. The molecule has 4 aromatic rings. The van der Waals surface area contributed by atoms with Crippen molar-refractivity contribution in [2.45, 2.75) is 19.7 Å². The summed E-state index contributed by atoms with van der Waals surface area (Å²) in [5.41, 5.74) is 4.27. The van der Waals surface area contributed by atoms with Crippen LogP contribution in [0.1, 0.15) is 17.1 Å². The first-order valence-corrected chi connectivity index (χ1v) is 10.6. The lowest BCUT2D eigenvalue weighted by atomic mass is 10.0. The summed E-state index contributed by atoms with van der Waals surface area (Å²) < 4.78 is 15.7. The van der Waals surface area contributed by atoms with Gasteiger partial charge in [-0.3, -0.25) is 9.58 Å². The summed E-state index contributed by atoms with van der Waals surface area (Å²) in [6.07, 6.45) is 5.58. The Hall–Kier alpha value is -3.58. The fourth-order valence-corrected chi connectivity index (χ4v) is 3.73. The summed E-state index contributed by atoms with van der Waals surface area (Å²) in [7, 11) is 7.73. The molecule has 0 atom stereocenters. The number of nitrogens with zero attached hydrogens (tertiary/aromatic N) is 5. The highest BCUT2D eigenvalue weighted by molar-refractivity contribution is 5.71. The van der Waals surface area contributed by atoms with Crippen LogP contribution in [0.15, 0.2) is 67.1 Å². The van der Waals surface area contributed by atoms with E-state index in [1.807, 2.05) is 66.1 Å². The summed E-state index contributed by atoms with van der Waals surface area (Å²) in [6, 6.07) is 16.3. The molecule has 0 spiro atoms. The van der Waals surface area contributed by atoms with Gasteiger partial charge in [0.1, 0.15) is 23.9 Å². The van der Waals surface area contributed by atoms with Crippen LogP contribution in [0.25, 0.3) is 11.1 Å². The van der Waals surface area contributed by atoms with Crippen molar-refractivity contribution in [1.82, 2.24) is 24.2 Å². The second-order valence-corrected chi connectivity index (χ2v) is 7.88. The van der Waals surface area contributed by atoms with Gasteiger partial charge in [-0.1, -0.05) is 24.3 Å². The number of ether oxygens (including phenoxy) is 2. The van der Waals surface area contributed by atoms with E-state index in [0.29, 0.717) is 6.61 Å². The molecule has 0 unspecified atom stereocenters. The van der Waals surface area contributed by atoms with Crippen molar-refractivity contribution in [2.75, 3.05) is 14.2 Å². The largest absolute Gasteiger partial charge is 0.496 e. The fourth-order valence-electron chi connectivity index (χ4n) is 3.73. The number of benzene rings is 2. The Balaban J connectivity index is 1.62. The van der Waals surface area contributed by atoms with E-state index in [2.05, 4.69) is 40.2 Å². The first-order valence-electron chi connectivity index (χ1n) is 10.6. The van der Waals surface area contributed by atoms with Crippen LogP contribution in [-0.2, 0) is 33.8 Å². The number of rotatable bonds is 9. The van der Waals surface area contributed by atoms with Crippen LogP contribution in [-0.4, -0.2) is 38.4 Å². The van der Waals surface area contributed by atoms with Crippen LogP contribution in [0.5, 0.6) is 11.5 Å². The van der Waals surface area contributed by atoms with Crippen molar-refractivity contribution in [3.05, 3.63) is 84.2 Å². The van der Waals surface area contributed by atoms with Gasteiger partial charge in [0.05, 0.1) is 19.3 Å². The SMILES string of the molecule is COc1ccccc1-c1ccc(OCc2ccnn2C)c(CN(C)Cc2nccn2C)c1. The molecule has 32 heavy (non-hydrogen) atoms. The van der Waals surface area contributed by atoms with E-state index in [0.717, 1.165) is 52.8 Å². The molecule has 2 heterocycles. The normalized spacial score (nSPS) is 11.2. The van der Waals surface area contributed by atoms with Gasteiger partial charge in [-0.2, -0.15) is 5.10 Å². The molecular weight excluding hydrogens is 402 g/mol. The average molecular weight is 432 g/mol. The number of hydrogen-bond donors (Lipinski definition) is 0. The Morgan fingerprint density at radius 3 is 2.53 bits per heavy atom. The van der Waals surface area contributed by atoms with Crippen molar-refractivity contribution in [1.29, 1.82) is 0 Å². The Morgan fingerprint density at radius 1 is 0.969 bits per heavy atom. The minimum Gasteiger partial charge on any atom is -0.496 e. The maximum absolute atomic E-state index is 6.23. The van der Waals surface area contributed by atoms with Gasteiger partial charge in [0, 0.05) is 50.4 Å². The number of imidazole rings is 1. The summed E-state index contributed by atoms with van der Waals surface area (Å²) >= 11 is 0. The van der Waals surface area contributed by atoms with Crippen LogP contribution >= 0.6 is 0 Å². The summed E-state index contributed by atoms with van der Waals surface area (Å²) in [6.45, 7) is 1.92. The highest BCUT2D eigenvalue weighted by atomic mass is 16.5. The standard InChI is InChI=1S/C25H29N5O2/c1-28(17-25-26-13-14-29(25)2)16-20-15-19(22-7-5-6-8-24(22)31-4)9-10-23(20)32-18-21-11-12-27-30(21)3/h5-15H,16-18H2,1-4H3. The molecule has 0 aliphatic carbocycles. The number of aromatic nitrogens is 4. The van der Waals surface area contributed by atoms with Gasteiger partial charge in [-0.15, -0.1) is 0 Å². The second-order valence-electron chi connectivity index (χ2n) is 7.88. The zero-order chi connectivity index (χ0) is 22.5. The Bertz CT molecular complexity index is 1180. The smallest absolute Gasteiger partial charge is 0.130 e. The highest BCUT2D eigenvalue weighted by Gasteiger charge is 2.14. The number of methoxy groups -OCH3 is 1. The van der Waals surface area contributed by atoms with Gasteiger partial charge in [-0.05, 0) is 36.9 Å². The van der Waals surface area contributed by atoms with Gasteiger partial charge in [0.2, 0.25) is 0 Å². The number of para-hydroxylation sites is 1. The lowest BCUT2D eigenvalue weighted by Crippen LogP contribution is -2.20. The molecule has 0 bridgehead atoms. The third-order valence-corrected chi connectivity index (χ3v) is 5.55. The quantitative estimate of drug-likeness (QED) is 0.400. The van der Waals surface area contributed by atoms with E-state index in [1.54, 1.807) is 13.3 Å². The van der Waals surface area contributed by atoms with Gasteiger partial charge in [0.15, 0.2) is 0 Å². The van der Waals surface area contributed by atoms with E-state index in [9.17, 15) is 0 Å². The minimum atomic E-state index is 0.459. The van der Waals surface area contributed by atoms with E-state index in [-0.39, 0.29) is 0 Å². The average Bonchev–Trinajstić information content (AvgIpc) is 3.40. The molecule has 4 rings (SSSR count). The van der Waals surface area contributed by atoms with E-state index in [4.69, 9.17) is 9.47 Å². The van der Waals surface area contributed by atoms with Crippen molar-refractivity contribution in [2.24, 2.45) is 14.1 Å². The van der Waals surface area contributed by atoms with Crippen molar-refractivity contribution < 1.29 is 9.47 Å². The van der Waals surface area contributed by atoms with Crippen LogP contribution in [0.4, 0.5) is 0 Å². The van der Waals surface area contributed by atoms with E-state index >= 15 is 0 Å². The van der Waals surface area contributed by atoms with Gasteiger partial charge >= 0.3 is 0 Å². The summed E-state index contributed by atoms with van der Waals surface area (Å²) in [5, 5.41) is 4.23. The lowest BCUT2D eigenvalue weighted by Gasteiger charge is -2.20. The Morgan fingerprint density at radius 2 is 1.81 bits per heavy atom. The van der Waals surface area contributed by atoms with Gasteiger partial charge < -0.3 is 14.0 Å². The van der Waals surface area contributed by atoms with Gasteiger partial charge in [-0.25, -0.2) is 4.98 Å². The molecule has 0 saturated carbocycles. The monoisotopic (exact) mass is 431 g/mol. The van der Waals surface area contributed by atoms with Crippen LogP contribution in [0.2, 0.25) is 0 Å². The molecule has 0 saturated heterocycles. The Kier molecular flexibility index (Phi) is 6.56. The Labute approximate surface area is 188 Å². The predicted molar refractivity (Wildman–Crippen MR) is 124 cm³/mol. The van der Waals surface area contributed by atoms with Crippen LogP contribution < -0.4 is 9.47 Å². The third-order valence-electron chi connectivity index (χ3n) is 5.55. The molecule has 0 N–H and O–H groups in total. The lowest BCUT2D eigenvalue weighted by molar-refractivity contribution is 0.272. The fraction of sp³-hybridized carbons (Fsp3) is 0.280. The number of aryl methyl sites for hydroxylation is 2. The molecule has 0 radical (unpaired) electrons. The first kappa shape index (κ1) is 21.6. The van der Waals surface area contributed by atoms with E-state index in [1.165, 1.54) is 0 Å². The molecular formula is C25H29N5O2. The van der Waals surface area contributed by atoms with Crippen molar-refractivity contribution >= 4 is 0 Å². The maximum atomic E-state index is 6.23. The van der Waals surface area contributed by atoms with Crippen LogP contribution in [0.3, 0.4) is 0 Å². The third kappa shape index (κ3) is 4.84. The molecule has 2 aromatic heterocycles. The van der Waals surface area contributed by atoms with Crippen molar-refractivity contribution in [3.8, 4) is 22.6 Å². The molecule has 0 fully saturated rings. The second kappa shape index (κ2) is 9.70. The minimum absolute atomic E-state index is 0.459. The molecule has 0 aliphatic heterocycles. The number of hydrogen-bond acceptors (Lipinski definition) is 5. The van der Waals surface area contributed by atoms with E-state index < -0.39 is 0 Å². The molecule has 2 aromatic carbocycles.